The predicted molar refractivity (Wildman–Crippen MR) is 107 cm³/mol. The maximum absolute atomic E-state index is 12.9. The third-order valence-corrected chi connectivity index (χ3v) is 6.18. The number of fused-ring (bicyclic) bond motifs is 1. The third-order valence-electron chi connectivity index (χ3n) is 5.11. The fourth-order valence-electron chi connectivity index (χ4n) is 2.73. The molecule has 6 nitrogen and oxygen atoms in total. The predicted octanol–water partition coefficient (Wildman–Crippen LogP) is 3.27. The van der Waals surface area contributed by atoms with Gasteiger partial charge in [-0.05, 0) is 44.7 Å². The molecule has 1 aliphatic rings. The first-order valence-electron chi connectivity index (χ1n) is 9.18. The number of benzene rings is 1. The summed E-state index contributed by atoms with van der Waals surface area (Å²) in [5.74, 6) is -0.255. The van der Waals surface area contributed by atoms with Crippen LogP contribution in [0.2, 0.25) is 0 Å². The molecule has 0 aliphatic heterocycles. The molecule has 0 radical (unpaired) electrons. The van der Waals surface area contributed by atoms with Crippen LogP contribution >= 0.6 is 11.8 Å². The summed E-state index contributed by atoms with van der Waals surface area (Å²) < 4.78 is 1.72. The minimum Gasteiger partial charge on any atom is -0.337 e. The van der Waals surface area contributed by atoms with E-state index in [-0.39, 0.29) is 23.4 Å². The number of nitrogens with one attached hydrogen (secondary N) is 1. The summed E-state index contributed by atoms with van der Waals surface area (Å²) in [4.78, 5) is 30.2. The van der Waals surface area contributed by atoms with Gasteiger partial charge in [-0.25, -0.2) is 4.98 Å². The molecular formula is C20H24N4O2S. The molecule has 142 valence electrons. The van der Waals surface area contributed by atoms with Crippen molar-refractivity contribution in [1.82, 2.24) is 14.9 Å². The van der Waals surface area contributed by atoms with Gasteiger partial charge in [-0.15, -0.1) is 0 Å². The van der Waals surface area contributed by atoms with Crippen LogP contribution in [0.1, 0.15) is 46.6 Å². The van der Waals surface area contributed by atoms with E-state index in [1.165, 1.54) is 11.8 Å². The molecule has 27 heavy (non-hydrogen) atoms. The number of nitriles is 1. The number of rotatable bonds is 6. The van der Waals surface area contributed by atoms with Crippen LogP contribution in [0.5, 0.6) is 0 Å². The first-order chi connectivity index (χ1) is 12.8. The maximum Gasteiger partial charge on any atom is 0.262 e. The molecule has 7 heteroatoms. The van der Waals surface area contributed by atoms with Gasteiger partial charge >= 0.3 is 0 Å². The van der Waals surface area contributed by atoms with Crippen LogP contribution in [0, 0.1) is 17.2 Å². The number of hydrogen-bond acceptors (Lipinski definition) is 5. The van der Waals surface area contributed by atoms with Crippen LogP contribution in [0.15, 0.2) is 34.2 Å². The zero-order chi connectivity index (χ0) is 19.8. The summed E-state index contributed by atoms with van der Waals surface area (Å²) in [6.45, 7) is 7.30. The lowest BCUT2D eigenvalue weighted by atomic mass is 9.90. The molecule has 1 heterocycles. The molecule has 1 aromatic carbocycles. The van der Waals surface area contributed by atoms with Gasteiger partial charge in [0.2, 0.25) is 5.91 Å². The average molecular weight is 385 g/mol. The molecule has 1 amide bonds. The van der Waals surface area contributed by atoms with Gasteiger partial charge in [0.05, 0.1) is 22.2 Å². The lowest BCUT2D eigenvalue weighted by Gasteiger charge is -2.28. The highest BCUT2D eigenvalue weighted by Crippen LogP contribution is 2.37. The Bertz CT molecular complexity index is 974. The number of amides is 1. The average Bonchev–Trinajstić information content (AvgIpc) is 3.46. The van der Waals surface area contributed by atoms with Gasteiger partial charge in [0.15, 0.2) is 5.16 Å². The number of carbonyl (C=O) groups is 1. The summed E-state index contributed by atoms with van der Waals surface area (Å²) in [6, 6.07) is 9.63. The summed E-state index contributed by atoms with van der Waals surface area (Å²) in [7, 11) is 0. The van der Waals surface area contributed by atoms with Gasteiger partial charge in [0, 0.05) is 6.04 Å². The van der Waals surface area contributed by atoms with Crippen LogP contribution in [0.25, 0.3) is 10.9 Å². The van der Waals surface area contributed by atoms with Crippen molar-refractivity contribution in [3.63, 3.8) is 0 Å². The third kappa shape index (κ3) is 3.86. The van der Waals surface area contributed by atoms with Crippen molar-refractivity contribution in [3.8, 4) is 6.07 Å². The lowest BCUT2D eigenvalue weighted by Crippen LogP contribution is -2.51. The number of carbonyl (C=O) groups excluding carboxylic acids is 1. The van der Waals surface area contributed by atoms with Crippen molar-refractivity contribution >= 4 is 28.6 Å². The standard InChI is InChI=1S/C20H24N4O2S/c1-12(2)20(4,11-21)23-17(25)13(3)27-19-22-16-8-6-5-7-15(16)18(26)24(19)14-9-10-14/h5-8,12-14H,9-10H2,1-4H3,(H,23,25). The quantitative estimate of drug-likeness (QED) is 0.610. The Labute approximate surface area is 163 Å². The van der Waals surface area contributed by atoms with E-state index in [0.29, 0.717) is 16.1 Å². The number of thioether (sulfide) groups is 1. The minimum absolute atomic E-state index is 0.0212. The van der Waals surface area contributed by atoms with Gasteiger partial charge in [-0.3, -0.25) is 14.2 Å². The first kappa shape index (κ1) is 19.4. The number of nitrogens with zero attached hydrogens (tertiary/aromatic N) is 3. The molecule has 1 fully saturated rings. The molecule has 1 aromatic heterocycles. The summed E-state index contributed by atoms with van der Waals surface area (Å²) >= 11 is 1.27. The highest BCUT2D eigenvalue weighted by atomic mass is 32.2. The normalized spacial score (nSPS) is 17.3. The fraction of sp³-hybridized carbons (Fsp3) is 0.500. The van der Waals surface area contributed by atoms with E-state index in [0.717, 1.165) is 12.8 Å². The van der Waals surface area contributed by atoms with E-state index >= 15 is 0 Å². The number of aromatic nitrogens is 2. The van der Waals surface area contributed by atoms with Crippen molar-refractivity contribution in [2.75, 3.05) is 0 Å². The zero-order valence-electron chi connectivity index (χ0n) is 16.0. The minimum atomic E-state index is -0.932. The van der Waals surface area contributed by atoms with Crippen LogP contribution in [0.3, 0.4) is 0 Å². The maximum atomic E-state index is 12.9. The summed E-state index contributed by atoms with van der Waals surface area (Å²) in [6.07, 6.45) is 1.90. The summed E-state index contributed by atoms with van der Waals surface area (Å²) in [5, 5.41) is 13.0. The van der Waals surface area contributed by atoms with Gasteiger partial charge < -0.3 is 5.32 Å². The van der Waals surface area contributed by atoms with Gasteiger partial charge in [0.1, 0.15) is 5.54 Å². The van der Waals surface area contributed by atoms with Crippen LogP contribution < -0.4 is 10.9 Å². The number of hydrogen-bond donors (Lipinski definition) is 1. The zero-order valence-corrected chi connectivity index (χ0v) is 16.8. The van der Waals surface area contributed by atoms with Crippen molar-refractivity contribution in [3.05, 3.63) is 34.6 Å². The lowest BCUT2D eigenvalue weighted by molar-refractivity contribution is -0.121. The Morgan fingerprint density at radius 3 is 2.63 bits per heavy atom. The molecule has 1 aliphatic carbocycles. The largest absolute Gasteiger partial charge is 0.337 e. The fourth-order valence-corrected chi connectivity index (χ4v) is 3.71. The van der Waals surface area contributed by atoms with Gasteiger partial charge in [-0.1, -0.05) is 37.7 Å². The highest BCUT2D eigenvalue weighted by molar-refractivity contribution is 8.00. The topological polar surface area (TPSA) is 87.8 Å². The van der Waals surface area contributed by atoms with Gasteiger partial charge in [-0.2, -0.15) is 5.26 Å². The Balaban J connectivity index is 1.90. The Morgan fingerprint density at radius 2 is 2.04 bits per heavy atom. The van der Waals surface area contributed by atoms with Crippen molar-refractivity contribution in [1.29, 1.82) is 5.26 Å². The summed E-state index contributed by atoms with van der Waals surface area (Å²) in [5.41, 5.74) is -0.348. The molecule has 0 spiro atoms. The monoisotopic (exact) mass is 384 g/mol. The molecule has 0 bridgehead atoms. The molecule has 1 saturated carbocycles. The molecule has 2 aromatic rings. The molecule has 2 unspecified atom stereocenters. The van der Waals surface area contributed by atoms with Gasteiger partial charge in [0.25, 0.3) is 5.56 Å². The molecule has 1 N–H and O–H groups in total. The molecule has 3 rings (SSSR count). The van der Waals surface area contributed by atoms with Crippen molar-refractivity contribution in [2.45, 2.75) is 62.5 Å². The Kier molecular flexibility index (Phi) is 5.29. The van der Waals surface area contributed by atoms with E-state index < -0.39 is 10.8 Å². The smallest absolute Gasteiger partial charge is 0.262 e. The SMILES string of the molecule is CC(Sc1nc2ccccc2c(=O)n1C1CC1)C(=O)NC(C)(C#N)C(C)C. The molecular weight excluding hydrogens is 360 g/mol. The second kappa shape index (κ2) is 7.35. The second-order valence-electron chi connectivity index (χ2n) is 7.54. The van der Waals surface area contributed by atoms with E-state index in [4.69, 9.17) is 0 Å². The van der Waals surface area contributed by atoms with E-state index in [1.54, 1.807) is 24.5 Å². The number of para-hydroxylation sites is 1. The molecule has 2 atom stereocenters. The van der Waals surface area contributed by atoms with E-state index in [1.807, 2.05) is 32.0 Å². The van der Waals surface area contributed by atoms with Crippen molar-refractivity contribution in [2.24, 2.45) is 5.92 Å². The second-order valence-corrected chi connectivity index (χ2v) is 8.84. The van der Waals surface area contributed by atoms with E-state index in [9.17, 15) is 14.9 Å². The Morgan fingerprint density at radius 1 is 1.37 bits per heavy atom. The van der Waals surface area contributed by atoms with Crippen LogP contribution in [-0.2, 0) is 4.79 Å². The van der Waals surface area contributed by atoms with Crippen LogP contribution in [0.4, 0.5) is 0 Å². The Hall–Kier alpha value is -2.33. The van der Waals surface area contributed by atoms with Crippen molar-refractivity contribution < 1.29 is 4.79 Å². The highest BCUT2D eigenvalue weighted by Gasteiger charge is 2.33. The van der Waals surface area contributed by atoms with Crippen LogP contribution in [-0.4, -0.2) is 26.2 Å². The van der Waals surface area contributed by atoms with E-state index in [2.05, 4.69) is 16.4 Å². The molecule has 0 saturated heterocycles. The first-order valence-corrected chi connectivity index (χ1v) is 10.1.